The molecule has 6 nitrogen and oxygen atoms in total. The van der Waals surface area contributed by atoms with E-state index < -0.39 is 36.4 Å². The van der Waals surface area contributed by atoms with E-state index in [1.54, 1.807) is 48.5 Å². The van der Waals surface area contributed by atoms with Crippen LogP contribution in [0.5, 0.6) is 0 Å². The van der Waals surface area contributed by atoms with Gasteiger partial charge in [0.2, 0.25) is 0 Å². The number of benzene rings is 2. The lowest BCUT2D eigenvalue weighted by atomic mass is 10.1. The van der Waals surface area contributed by atoms with Crippen LogP contribution in [-0.4, -0.2) is 49.6 Å². The lowest BCUT2D eigenvalue weighted by Crippen LogP contribution is -2.36. The number of esters is 2. The van der Waals surface area contributed by atoms with E-state index in [9.17, 15) is 9.59 Å². The molecule has 0 amide bonds. The Morgan fingerprint density at radius 3 is 1.46 bits per heavy atom. The van der Waals surface area contributed by atoms with Gasteiger partial charge in [0.25, 0.3) is 0 Å². The van der Waals surface area contributed by atoms with Crippen molar-refractivity contribution < 1.29 is 28.5 Å². The molecule has 0 N–H and O–H groups in total. The van der Waals surface area contributed by atoms with Crippen molar-refractivity contribution in [2.75, 3.05) is 13.2 Å². The van der Waals surface area contributed by atoms with Gasteiger partial charge in [-0.2, -0.15) is 0 Å². The fourth-order valence-electron chi connectivity index (χ4n) is 3.19. The van der Waals surface area contributed by atoms with E-state index in [4.69, 9.17) is 18.9 Å². The zero-order valence-electron chi connectivity index (χ0n) is 13.9. The third-order valence-corrected chi connectivity index (χ3v) is 4.50. The van der Waals surface area contributed by atoms with E-state index in [2.05, 4.69) is 0 Å². The fourth-order valence-corrected chi connectivity index (χ4v) is 3.19. The number of carbonyl (C=O) groups excluding carboxylic acids is 2. The van der Waals surface area contributed by atoms with Crippen LogP contribution in [0, 0.1) is 0 Å². The van der Waals surface area contributed by atoms with Gasteiger partial charge in [-0.3, -0.25) is 0 Å². The average molecular weight is 354 g/mol. The smallest absolute Gasteiger partial charge is 0.338 e. The molecule has 2 saturated heterocycles. The van der Waals surface area contributed by atoms with Crippen molar-refractivity contribution in [3.05, 3.63) is 71.8 Å². The van der Waals surface area contributed by atoms with E-state index in [0.717, 1.165) is 0 Å². The zero-order chi connectivity index (χ0) is 17.9. The first-order valence-corrected chi connectivity index (χ1v) is 8.47. The molecule has 0 radical (unpaired) electrons. The van der Waals surface area contributed by atoms with Crippen molar-refractivity contribution in [1.82, 2.24) is 0 Å². The van der Waals surface area contributed by atoms with E-state index in [1.165, 1.54) is 0 Å². The van der Waals surface area contributed by atoms with E-state index in [0.29, 0.717) is 11.1 Å². The molecule has 2 unspecified atom stereocenters. The molecule has 2 aliphatic rings. The van der Waals surface area contributed by atoms with E-state index in [1.807, 2.05) is 12.1 Å². The summed E-state index contributed by atoms with van der Waals surface area (Å²) in [5.74, 6) is -0.846. The van der Waals surface area contributed by atoms with Gasteiger partial charge in [0.15, 0.2) is 12.2 Å². The van der Waals surface area contributed by atoms with Crippen LogP contribution in [0.15, 0.2) is 60.7 Å². The highest BCUT2D eigenvalue weighted by atomic mass is 16.7. The first kappa shape index (κ1) is 16.8. The molecule has 0 aromatic heterocycles. The third kappa shape index (κ3) is 3.34. The molecule has 2 fully saturated rings. The van der Waals surface area contributed by atoms with Crippen molar-refractivity contribution in [2.45, 2.75) is 24.4 Å². The van der Waals surface area contributed by atoms with Gasteiger partial charge in [0, 0.05) is 0 Å². The van der Waals surface area contributed by atoms with E-state index >= 15 is 0 Å². The van der Waals surface area contributed by atoms with Crippen LogP contribution in [-0.2, 0) is 18.9 Å². The summed E-state index contributed by atoms with van der Waals surface area (Å²) in [5.41, 5.74) is 0.946. The van der Waals surface area contributed by atoms with Crippen molar-refractivity contribution in [3.8, 4) is 0 Å². The highest BCUT2D eigenvalue weighted by Crippen LogP contribution is 2.31. The molecule has 0 aliphatic carbocycles. The van der Waals surface area contributed by atoms with Crippen molar-refractivity contribution in [3.63, 3.8) is 0 Å². The minimum Gasteiger partial charge on any atom is -0.453 e. The van der Waals surface area contributed by atoms with Gasteiger partial charge in [-0.1, -0.05) is 36.4 Å². The summed E-state index contributed by atoms with van der Waals surface area (Å²) in [5, 5.41) is 0. The lowest BCUT2D eigenvalue weighted by molar-refractivity contribution is -0.0287. The van der Waals surface area contributed by atoms with Gasteiger partial charge >= 0.3 is 11.9 Å². The number of rotatable bonds is 4. The molecular weight excluding hydrogens is 336 g/mol. The number of hydrogen-bond donors (Lipinski definition) is 0. The van der Waals surface area contributed by atoms with Crippen LogP contribution in [0.4, 0.5) is 0 Å². The normalized spacial score (nSPS) is 26.9. The van der Waals surface area contributed by atoms with Crippen LogP contribution in [0.1, 0.15) is 20.7 Å². The number of fused-ring (bicyclic) bond motifs is 1. The SMILES string of the molecule is O=C(O[C@H]1COC2C1OC[C@H]2OC(=O)c1ccccc1)c1ccccc1. The Morgan fingerprint density at radius 2 is 1.08 bits per heavy atom. The summed E-state index contributed by atoms with van der Waals surface area (Å²) in [7, 11) is 0. The van der Waals surface area contributed by atoms with Crippen LogP contribution in [0.25, 0.3) is 0 Å². The first-order valence-electron chi connectivity index (χ1n) is 8.47. The van der Waals surface area contributed by atoms with Crippen LogP contribution in [0.2, 0.25) is 0 Å². The van der Waals surface area contributed by atoms with Crippen molar-refractivity contribution >= 4 is 11.9 Å². The molecule has 0 spiro atoms. The largest absolute Gasteiger partial charge is 0.453 e. The maximum Gasteiger partial charge on any atom is 0.338 e. The molecule has 0 saturated carbocycles. The van der Waals surface area contributed by atoms with Gasteiger partial charge in [-0.25, -0.2) is 9.59 Å². The summed E-state index contributed by atoms with van der Waals surface area (Å²) >= 11 is 0. The molecule has 26 heavy (non-hydrogen) atoms. The fraction of sp³-hybridized carbons (Fsp3) is 0.300. The van der Waals surface area contributed by atoms with Crippen LogP contribution < -0.4 is 0 Å². The Bertz CT molecular complexity index is 708. The molecule has 4 atom stereocenters. The van der Waals surface area contributed by atoms with Crippen molar-refractivity contribution in [2.24, 2.45) is 0 Å². The second-order valence-corrected chi connectivity index (χ2v) is 6.22. The lowest BCUT2D eigenvalue weighted by Gasteiger charge is -2.17. The quantitative estimate of drug-likeness (QED) is 0.784. The van der Waals surface area contributed by atoms with Crippen molar-refractivity contribution in [1.29, 1.82) is 0 Å². The summed E-state index contributed by atoms with van der Waals surface area (Å²) < 4.78 is 22.4. The first-order chi connectivity index (χ1) is 12.7. The minimum absolute atomic E-state index is 0.216. The van der Waals surface area contributed by atoms with Gasteiger partial charge in [0.1, 0.15) is 12.2 Å². The standard InChI is InChI=1S/C20H18O6/c21-19(13-7-3-1-4-8-13)25-15-11-23-18-16(12-24-17(15)18)26-20(22)14-9-5-2-6-10-14/h1-10,15-18H,11-12H2/t15-,16+,17?,18?. The topological polar surface area (TPSA) is 71.1 Å². The third-order valence-electron chi connectivity index (χ3n) is 4.50. The summed E-state index contributed by atoms with van der Waals surface area (Å²) in [6.07, 6.45) is -1.91. The molecule has 0 bridgehead atoms. The molecule has 134 valence electrons. The molecule has 2 aromatic carbocycles. The van der Waals surface area contributed by atoms with Gasteiger partial charge in [-0.15, -0.1) is 0 Å². The molecule has 6 heteroatoms. The number of ether oxygens (including phenoxy) is 4. The summed E-state index contributed by atoms with van der Waals surface area (Å²) in [6, 6.07) is 17.5. The second-order valence-electron chi connectivity index (χ2n) is 6.22. The Morgan fingerprint density at radius 1 is 0.692 bits per heavy atom. The average Bonchev–Trinajstić information content (AvgIpc) is 3.27. The number of hydrogen-bond acceptors (Lipinski definition) is 6. The second kappa shape index (κ2) is 7.27. The van der Waals surface area contributed by atoms with Gasteiger partial charge in [-0.05, 0) is 24.3 Å². The Balaban J connectivity index is 1.37. The Kier molecular flexibility index (Phi) is 4.69. The minimum atomic E-state index is -0.520. The van der Waals surface area contributed by atoms with Gasteiger partial charge < -0.3 is 18.9 Å². The molecular formula is C20H18O6. The Labute approximate surface area is 150 Å². The maximum atomic E-state index is 12.2. The van der Waals surface area contributed by atoms with Gasteiger partial charge in [0.05, 0.1) is 24.3 Å². The maximum absolute atomic E-state index is 12.2. The molecule has 2 heterocycles. The van der Waals surface area contributed by atoms with Crippen LogP contribution >= 0.6 is 0 Å². The predicted octanol–water partition coefficient (Wildman–Crippen LogP) is 2.24. The molecule has 2 aromatic rings. The summed E-state index contributed by atoms with van der Waals surface area (Å²) in [4.78, 5) is 24.4. The highest BCUT2D eigenvalue weighted by molar-refractivity contribution is 5.90. The molecule has 2 aliphatic heterocycles. The Hall–Kier alpha value is -2.70. The predicted molar refractivity (Wildman–Crippen MR) is 90.8 cm³/mol. The zero-order valence-corrected chi connectivity index (χ0v) is 13.9. The van der Waals surface area contributed by atoms with E-state index in [-0.39, 0.29) is 13.2 Å². The van der Waals surface area contributed by atoms with Crippen LogP contribution in [0.3, 0.4) is 0 Å². The summed E-state index contributed by atoms with van der Waals surface area (Å²) in [6.45, 7) is 0.431. The molecule has 4 rings (SSSR count). The highest BCUT2D eigenvalue weighted by Gasteiger charge is 2.51. The monoisotopic (exact) mass is 354 g/mol. The number of carbonyl (C=O) groups is 2.